The van der Waals surface area contributed by atoms with E-state index in [1.165, 1.54) is 68.7 Å². The van der Waals surface area contributed by atoms with Crippen LogP contribution in [0.25, 0.3) is 10.9 Å². The zero-order valence-corrected chi connectivity index (χ0v) is 35.9. The Morgan fingerprint density at radius 1 is 0.967 bits per heavy atom. The maximum Gasteiger partial charge on any atom is 0.252 e. The molecule has 1 aliphatic carbocycles. The predicted molar refractivity (Wildman–Crippen MR) is 236 cm³/mol. The van der Waals surface area contributed by atoms with Crippen molar-refractivity contribution >= 4 is 32.5 Å². The Morgan fingerprint density at radius 2 is 1.72 bits per heavy atom. The molecule has 5 N–H and O–H groups in total. The summed E-state index contributed by atoms with van der Waals surface area (Å²) < 4.78 is 33.1. The van der Waals surface area contributed by atoms with Gasteiger partial charge in [0.1, 0.15) is 17.3 Å². The largest absolute Gasteiger partial charge is 0.506 e. The van der Waals surface area contributed by atoms with Crippen molar-refractivity contribution in [3.8, 4) is 11.5 Å². The minimum absolute atomic E-state index is 0.0758. The second-order valence-electron chi connectivity index (χ2n) is 16.1. The smallest absolute Gasteiger partial charge is 0.252 e. The summed E-state index contributed by atoms with van der Waals surface area (Å²) in [6.45, 7) is 10.7. The van der Waals surface area contributed by atoms with Gasteiger partial charge in [0.2, 0.25) is 15.4 Å². The quantitative estimate of drug-likeness (QED) is 0.0551. The predicted octanol–water partition coefficient (Wildman–Crippen LogP) is 6.83. The molecule has 1 aliphatic heterocycles. The number of aliphatic hydroxyl groups is 1. The fraction of sp³-hybridized carbons (Fsp3) is 0.383. The summed E-state index contributed by atoms with van der Waals surface area (Å²) in [5.41, 5.74) is 4.06. The highest BCUT2D eigenvalue weighted by molar-refractivity contribution is 7.91. The van der Waals surface area contributed by atoms with Crippen LogP contribution in [0.15, 0.2) is 106 Å². The Bertz CT molecular complexity index is 2500. The minimum atomic E-state index is -3.83. The second kappa shape index (κ2) is 19.6. The molecule has 2 atom stereocenters. The van der Waals surface area contributed by atoms with Crippen LogP contribution in [0.1, 0.15) is 85.5 Å². The number of nitrogens with zero attached hydrogens (tertiary/aromatic N) is 3. The molecule has 5 aromatic rings. The number of aliphatic hydroxyl groups excluding tert-OH is 1. The summed E-state index contributed by atoms with van der Waals surface area (Å²) >= 11 is 0. The first-order valence-electron chi connectivity index (χ1n) is 21.2. The number of anilines is 1. The van der Waals surface area contributed by atoms with Crippen molar-refractivity contribution in [2.45, 2.75) is 93.8 Å². The highest BCUT2D eigenvalue weighted by Gasteiger charge is 2.29. The van der Waals surface area contributed by atoms with Gasteiger partial charge in [-0.2, -0.15) is 0 Å². The van der Waals surface area contributed by atoms with E-state index < -0.39 is 21.8 Å². The third kappa shape index (κ3) is 10.4. The molecule has 14 heteroatoms. The fourth-order valence-corrected chi connectivity index (χ4v) is 10.1. The van der Waals surface area contributed by atoms with Crippen LogP contribution in [0.3, 0.4) is 0 Å². The van der Waals surface area contributed by atoms with E-state index in [1.54, 1.807) is 42.5 Å². The number of aromatic nitrogens is 2. The Hall–Kier alpha value is -5.38. The van der Waals surface area contributed by atoms with Crippen LogP contribution in [-0.4, -0.2) is 83.1 Å². The lowest BCUT2D eigenvalue weighted by Crippen LogP contribution is -2.51. The van der Waals surface area contributed by atoms with Gasteiger partial charge in [-0.05, 0) is 104 Å². The van der Waals surface area contributed by atoms with E-state index >= 15 is 0 Å². The van der Waals surface area contributed by atoms with E-state index in [0.717, 1.165) is 55.3 Å². The number of carbonyl (C=O) groups is 1. The number of phenolic OH excluding ortho intramolecular Hbond substituents is 1. The third-order valence-electron chi connectivity index (χ3n) is 12.1. The van der Waals surface area contributed by atoms with Gasteiger partial charge in [-0.25, -0.2) is 13.4 Å². The Kier molecular flexibility index (Phi) is 14.0. The van der Waals surface area contributed by atoms with E-state index in [2.05, 4.69) is 37.3 Å². The molecular formula is C47H56N6O7S. The lowest BCUT2D eigenvalue weighted by atomic mass is 9.93. The average Bonchev–Trinajstić information content (AvgIpc) is 3.26. The number of benzene rings is 3. The number of aryl methyl sites for hydroxylation is 2. The van der Waals surface area contributed by atoms with Crippen molar-refractivity contribution < 1.29 is 28.2 Å². The van der Waals surface area contributed by atoms with Crippen molar-refractivity contribution in [2.75, 3.05) is 38.0 Å². The maximum absolute atomic E-state index is 13.7. The number of nitrogens with one attached hydrogen (secondary N) is 3. The third-order valence-corrected chi connectivity index (χ3v) is 13.9. The first-order chi connectivity index (χ1) is 29.4. The number of fused-ring (bicyclic) bond motifs is 1. The van der Waals surface area contributed by atoms with E-state index in [4.69, 9.17) is 4.74 Å². The van der Waals surface area contributed by atoms with Crippen molar-refractivity contribution in [3.05, 3.63) is 130 Å². The van der Waals surface area contributed by atoms with Crippen LogP contribution < -0.4 is 20.9 Å². The number of H-pyrrole nitrogens is 1. The number of aromatic amines is 1. The van der Waals surface area contributed by atoms with Crippen LogP contribution >= 0.6 is 0 Å². The number of rotatable bonds is 15. The molecule has 13 nitrogen and oxygen atoms in total. The zero-order valence-electron chi connectivity index (χ0n) is 35.1. The van der Waals surface area contributed by atoms with Crippen molar-refractivity contribution in [2.24, 2.45) is 0 Å². The second-order valence-corrected chi connectivity index (χ2v) is 18.0. The topological polar surface area (TPSA) is 177 Å². The molecular weight excluding hydrogens is 793 g/mol. The minimum Gasteiger partial charge on any atom is -0.506 e. The molecule has 0 radical (unpaired) electrons. The average molecular weight is 849 g/mol. The Labute approximate surface area is 357 Å². The first-order valence-corrected chi connectivity index (χ1v) is 22.7. The van der Waals surface area contributed by atoms with E-state index in [0.29, 0.717) is 29.0 Å². The van der Waals surface area contributed by atoms with E-state index in [1.807, 2.05) is 26.0 Å². The van der Waals surface area contributed by atoms with Crippen molar-refractivity contribution in [1.29, 1.82) is 0 Å². The molecule has 61 heavy (non-hydrogen) atoms. The summed E-state index contributed by atoms with van der Waals surface area (Å²) in [6.07, 6.45) is 9.11. The number of phenols is 1. The Balaban J connectivity index is 0.906. The van der Waals surface area contributed by atoms with Crippen LogP contribution in [0, 0.1) is 13.8 Å². The Morgan fingerprint density at radius 3 is 2.44 bits per heavy atom. The molecule has 3 heterocycles. The van der Waals surface area contributed by atoms with E-state index in [9.17, 15) is 28.2 Å². The van der Waals surface area contributed by atoms with Crippen LogP contribution in [0.2, 0.25) is 0 Å². The summed E-state index contributed by atoms with van der Waals surface area (Å²) in [4.78, 5) is 37.2. The van der Waals surface area contributed by atoms with E-state index in [-0.39, 0.29) is 45.0 Å². The number of ether oxygens (including phenoxy) is 1. The molecule has 0 unspecified atom stereocenters. The molecule has 1 saturated carbocycles. The van der Waals surface area contributed by atoms with Gasteiger partial charge in [-0.1, -0.05) is 50.5 Å². The van der Waals surface area contributed by atoms with Gasteiger partial charge < -0.3 is 30.6 Å². The SMILES string of the molecule is CC[C@@H](c1ccc(S(=O)(=O)c2cccc(OC=CC(=O)Nc3cc(C)c(CNC[C@H](O)c4ccc(O)c5[nH]c(=O)ccc45)c(C)n3)c2)cc1)N1CCN(C2CCCCC2)CC1. The number of sulfone groups is 1. The number of carbonyl (C=O) groups excluding carboxylic acids is 1. The zero-order chi connectivity index (χ0) is 43.1. The number of hydrogen-bond acceptors (Lipinski definition) is 11. The molecule has 0 bridgehead atoms. The molecule has 0 spiro atoms. The highest BCUT2D eigenvalue weighted by Crippen LogP contribution is 2.32. The van der Waals surface area contributed by atoms with Gasteiger partial charge in [0.25, 0.3) is 5.91 Å². The van der Waals surface area contributed by atoms with Crippen LogP contribution in [-0.2, 0) is 21.2 Å². The summed E-state index contributed by atoms with van der Waals surface area (Å²) in [5.74, 6) is 0.0522. The number of pyridine rings is 2. The molecule has 2 aliphatic rings. The standard InChI is InChI=1S/C47H56N6O7S/c1-4-41(53-24-22-52(23-25-53)34-9-6-5-7-10-34)33-13-15-36(16-14-33)61(58,59)37-12-8-11-35(28-37)60-26-21-46(57)50-44-27-31(2)40(32(3)49-44)29-48-30-43(55)38-17-19-42(54)47-39(38)18-20-45(56)51-47/h8,11-21,26-28,34,41,43,48,54-55H,4-7,9-10,22-25,29-30H2,1-3H3,(H,51,56)(H,49,50,57)/t41-,43-/m0/s1. The molecule has 2 fully saturated rings. The summed E-state index contributed by atoms with van der Waals surface area (Å²) in [5, 5.41) is 27.6. The highest BCUT2D eigenvalue weighted by atomic mass is 32.2. The van der Waals surface area contributed by atoms with Crippen LogP contribution in [0.4, 0.5) is 5.82 Å². The molecule has 3 aromatic carbocycles. The maximum atomic E-state index is 13.7. The summed E-state index contributed by atoms with van der Waals surface area (Å²) in [7, 11) is -3.83. The van der Waals surface area contributed by atoms with Crippen LogP contribution in [0.5, 0.6) is 11.5 Å². The number of amides is 1. The molecule has 1 saturated heterocycles. The van der Waals surface area contributed by atoms with Gasteiger partial charge in [0.15, 0.2) is 0 Å². The van der Waals surface area contributed by atoms with Gasteiger partial charge in [-0.3, -0.25) is 19.4 Å². The van der Waals surface area contributed by atoms with Gasteiger partial charge in [-0.15, -0.1) is 0 Å². The van der Waals surface area contributed by atoms with Gasteiger partial charge in [0.05, 0.1) is 27.7 Å². The lowest BCUT2D eigenvalue weighted by Gasteiger charge is -2.43. The van der Waals surface area contributed by atoms with Gasteiger partial charge >= 0.3 is 0 Å². The molecule has 322 valence electrons. The normalized spacial score (nSPS) is 16.8. The monoisotopic (exact) mass is 848 g/mol. The fourth-order valence-electron chi connectivity index (χ4n) is 8.81. The number of aromatic hydroxyl groups is 1. The molecule has 2 aromatic heterocycles. The first kappa shape index (κ1) is 43.7. The summed E-state index contributed by atoms with van der Waals surface area (Å²) in [6, 6.07) is 22.2. The number of hydrogen-bond donors (Lipinski definition) is 5. The number of piperazine rings is 1. The molecule has 1 amide bonds. The lowest BCUT2D eigenvalue weighted by molar-refractivity contribution is -0.112. The van der Waals surface area contributed by atoms with Crippen molar-refractivity contribution in [3.63, 3.8) is 0 Å². The van der Waals surface area contributed by atoms with Crippen molar-refractivity contribution in [1.82, 2.24) is 25.1 Å². The molecule has 7 rings (SSSR count). The van der Waals surface area contributed by atoms with Gasteiger partial charge in [0, 0.05) is 74.6 Å².